The van der Waals surface area contributed by atoms with Crippen LogP contribution in [0.25, 0.3) is 22.3 Å². The molecule has 0 bridgehead atoms. The Kier molecular flexibility index (Phi) is 18.9. The van der Waals surface area contributed by atoms with Crippen LogP contribution >= 0.6 is 0 Å². The zero-order valence-corrected chi connectivity index (χ0v) is 29.5. The number of allylic oxidation sites excluding steroid dienone is 4. The van der Waals surface area contributed by atoms with Crippen LogP contribution in [0.1, 0.15) is 101 Å². The normalized spacial score (nSPS) is 11.2. The molecule has 3 aromatic carbocycles. The van der Waals surface area contributed by atoms with E-state index in [4.69, 9.17) is 9.30 Å². The molecule has 4 heteroatoms. The van der Waals surface area contributed by atoms with Gasteiger partial charge >= 0.3 is 227 Å². The molecule has 0 N–H and O–H groups in total. The van der Waals surface area contributed by atoms with Gasteiger partial charge in [0, 0.05) is 23.5 Å². The minimum absolute atomic E-state index is 0. The van der Waals surface area contributed by atoms with E-state index in [1.54, 1.807) is 0 Å². The van der Waals surface area contributed by atoms with Crippen molar-refractivity contribution >= 4 is 26.1 Å². The van der Waals surface area contributed by atoms with Crippen molar-refractivity contribution in [3.8, 4) is 22.3 Å². The van der Waals surface area contributed by atoms with Gasteiger partial charge in [-0.1, -0.05) is 24.3 Å². The fourth-order valence-electron chi connectivity index (χ4n) is 5.01. The molecule has 0 aliphatic heterocycles. The van der Waals surface area contributed by atoms with Crippen LogP contribution in [-0.2, 0) is 26.4 Å². The second kappa shape index (κ2) is 19.9. The Balaban J connectivity index is 0.00000140. The molecule has 0 amide bonds. The summed E-state index contributed by atoms with van der Waals surface area (Å²) in [6.07, 6.45) is 10.0. The molecule has 0 atom stereocenters. The Bertz CT molecular complexity index is 1180. The Morgan fingerprint density at radius 1 is 0.488 bits per heavy atom. The first-order valence-corrected chi connectivity index (χ1v) is 15.3. The van der Waals surface area contributed by atoms with E-state index in [2.05, 4.69) is 123 Å². The first-order valence-electron chi connectivity index (χ1n) is 13.8. The number of hydrogen-bond acceptors (Lipinski definition) is 0. The van der Waals surface area contributed by atoms with Crippen LogP contribution in [0.2, 0.25) is 0 Å². The molecule has 0 aromatic heterocycles. The average molecular weight is 693 g/mol. The zero-order chi connectivity index (χ0) is 30.4. The molecule has 0 heterocycles. The average Bonchev–Trinajstić information content (AvgIpc) is 3.55. The van der Waals surface area contributed by atoms with E-state index >= 15 is 0 Å². The van der Waals surface area contributed by atoms with Gasteiger partial charge in [-0.25, -0.2) is 0 Å². The topological polar surface area (TPSA) is 39.8 Å². The summed E-state index contributed by atoms with van der Waals surface area (Å²) in [6, 6.07) is 20.8. The van der Waals surface area contributed by atoms with Gasteiger partial charge in [0.05, 0.1) is 0 Å². The molecule has 0 fully saturated rings. The van der Waals surface area contributed by atoms with E-state index in [-0.39, 0.29) is 17.1 Å². The monoisotopic (exact) mass is 694 g/mol. The predicted octanol–water partition coefficient (Wildman–Crippen LogP) is 9.55. The standard InChI is InChI=1S/C30H37.C5H5.2CO.Fe.Sn/c1-19(2)25-14-10-15-26(20(3)4)29(25)23-12-9-13-24(18-23)30-27(21(5)6)16-11-17-28(30)22(7)8;1-2-4-5-3-1;2*1-2;;/h9-17,19-22H,1-8H3;1-5H;;;;. The minimum Gasteiger partial charge on any atom is -0.0767 e. The molecule has 0 saturated heterocycles. The summed E-state index contributed by atoms with van der Waals surface area (Å²) in [5, 5.41) is 0. The fraction of sp³-hybridized carbons (Fsp3) is 0.324. The molecule has 0 unspecified atom stereocenters. The van der Waals surface area contributed by atoms with Crippen molar-refractivity contribution < 1.29 is 26.4 Å². The van der Waals surface area contributed by atoms with Crippen molar-refractivity contribution in [3.63, 3.8) is 0 Å². The van der Waals surface area contributed by atoms with Gasteiger partial charge in [0.1, 0.15) is 0 Å². The van der Waals surface area contributed by atoms with E-state index in [1.807, 2.05) is 30.7 Å². The fourth-order valence-corrected chi connectivity index (χ4v) is 6.20. The van der Waals surface area contributed by atoms with Gasteiger partial charge in [-0.3, -0.25) is 0 Å². The van der Waals surface area contributed by atoms with E-state index in [0.29, 0.717) is 23.7 Å². The van der Waals surface area contributed by atoms with Crippen LogP contribution in [0, 0.1) is 19.7 Å². The van der Waals surface area contributed by atoms with Gasteiger partial charge in [-0.05, 0) is 0 Å². The van der Waals surface area contributed by atoms with Crippen molar-refractivity contribution in [3.05, 3.63) is 121 Å². The summed E-state index contributed by atoms with van der Waals surface area (Å²) in [7, 11) is 0. The molecule has 214 valence electrons. The van der Waals surface area contributed by atoms with Crippen molar-refractivity contribution in [2.45, 2.75) is 79.1 Å². The van der Waals surface area contributed by atoms with Crippen LogP contribution in [0.4, 0.5) is 0 Å². The summed E-state index contributed by atoms with van der Waals surface area (Å²) in [5.41, 5.74) is 11.7. The maximum absolute atomic E-state index is 7.50. The molecule has 2 nitrogen and oxygen atoms in total. The van der Waals surface area contributed by atoms with Crippen LogP contribution in [-0.4, -0.2) is 22.5 Å². The van der Waals surface area contributed by atoms with Crippen molar-refractivity contribution in [1.29, 1.82) is 0 Å². The van der Waals surface area contributed by atoms with E-state index < -0.39 is 0 Å². The maximum atomic E-state index is 7.50. The smallest absolute Gasteiger partial charge is 0.00506 e. The van der Waals surface area contributed by atoms with Crippen LogP contribution in [0.3, 0.4) is 0 Å². The van der Waals surface area contributed by atoms with Crippen LogP contribution < -0.4 is 3.58 Å². The molecule has 1 aliphatic carbocycles. The molecule has 0 spiro atoms. The Hall–Kier alpha value is -2.06. The SMILES string of the molecule is CC(C)c1cccc(C(C)C)c1-c1cccc(-c2c(C(C)C)cccc2C(C)C)[c]1[Sn].[C-]#[O+].[C-]#[O+].[CH]1C=CC=C1.[Fe]. The van der Waals surface area contributed by atoms with Gasteiger partial charge in [0.25, 0.3) is 0 Å². The van der Waals surface area contributed by atoms with E-state index in [9.17, 15) is 0 Å². The van der Waals surface area contributed by atoms with Gasteiger partial charge in [-0.15, -0.1) is 0 Å². The molecule has 4 rings (SSSR count). The molecular formula is C37H42FeO2Sn. The minimum atomic E-state index is 0. The molecule has 4 radical (unpaired) electrons. The van der Waals surface area contributed by atoms with E-state index in [0.717, 1.165) is 0 Å². The quantitative estimate of drug-likeness (QED) is 0.140. The third-order valence-electron chi connectivity index (χ3n) is 6.90. The number of rotatable bonds is 6. The summed E-state index contributed by atoms with van der Waals surface area (Å²) >= 11 is 1.48. The molecule has 41 heavy (non-hydrogen) atoms. The molecule has 1 aliphatic rings. The number of hydrogen-bond donors (Lipinski definition) is 0. The third-order valence-corrected chi connectivity index (χ3v) is 8.44. The second-order valence-corrected chi connectivity index (χ2v) is 12.4. The van der Waals surface area contributed by atoms with Crippen molar-refractivity contribution in [2.24, 2.45) is 0 Å². The third kappa shape index (κ3) is 10.3. The van der Waals surface area contributed by atoms with Gasteiger partial charge in [-0.2, -0.15) is 0 Å². The predicted molar refractivity (Wildman–Crippen MR) is 169 cm³/mol. The van der Waals surface area contributed by atoms with Crippen molar-refractivity contribution in [2.75, 3.05) is 0 Å². The van der Waals surface area contributed by atoms with Crippen LogP contribution in [0.15, 0.2) is 78.9 Å². The summed E-state index contributed by atoms with van der Waals surface area (Å²) < 4.78 is 16.5. The first-order chi connectivity index (χ1) is 19.1. The van der Waals surface area contributed by atoms with Crippen molar-refractivity contribution in [1.82, 2.24) is 0 Å². The molecule has 3 aromatic rings. The molecule has 0 saturated carbocycles. The largest absolute Gasteiger partial charge is 0.0767 e. The summed E-state index contributed by atoms with van der Waals surface area (Å²) in [5.74, 6) is 2.01. The Labute approximate surface area is 273 Å². The van der Waals surface area contributed by atoms with Gasteiger partial charge in [0.15, 0.2) is 0 Å². The first kappa shape index (κ1) is 38.9. The van der Waals surface area contributed by atoms with E-state index in [1.165, 1.54) is 70.6 Å². The zero-order valence-electron chi connectivity index (χ0n) is 25.6. The maximum Gasteiger partial charge on any atom is 0.00506 e. The summed E-state index contributed by atoms with van der Waals surface area (Å²) in [6.45, 7) is 27.6. The summed E-state index contributed by atoms with van der Waals surface area (Å²) in [4.78, 5) is 0. The number of benzene rings is 3. The molecular weight excluding hydrogens is 651 g/mol. The van der Waals surface area contributed by atoms with Gasteiger partial charge in [0.2, 0.25) is 0 Å². The van der Waals surface area contributed by atoms with Crippen LogP contribution in [0.5, 0.6) is 0 Å². The van der Waals surface area contributed by atoms with Gasteiger partial charge < -0.3 is 0 Å². The second-order valence-electron chi connectivity index (χ2n) is 10.9. The Morgan fingerprint density at radius 3 is 0.976 bits per heavy atom. The Morgan fingerprint density at radius 2 is 0.756 bits per heavy atom.